The quantitative estimate of drug-likeness (QED) is 0.832. The molecule has 2 aliphatic rings. The number of rotatable bonds is 4. The summed E-state index contributed by atoms with van der Waals surface area (Å²) in [5.74, 6) is 1.13. The van der Waals surface area contributed by atoms with Crippen LogP contribution < -0.4 is 0 Å². The average molecular weight is 356 g/mol. The molecular formula is C19H24N4O3. The molecule has 4 heterocycles. The van der Waals surface area contributed by atoms with E-state index in [4.69, 9.17) is 9.26 Å². The van der Waals surface area contributed by atoms with Crippen LogP contribution in [0.15, 0.2) is 35.0 Å². The molecule has 4 rings (SSSR count). The van der Waals surface area contributed by atoms with Gasteiger partial charge in [0.2, 0.25) is 5.91 Å². The van der Waals surface area contributed by atoms with E-state index in [1.165, 1.54) is 0 Å². The average Bonchev–Trinajstić information content (AvgIpc) is 3.31. The van der Waals surface area contributed by atoms with Crippen molar-refractivity contribution in [3.63, 3.8) is 0 Å². The van der Waals surface area contributed by atoms with E-state index in [1.54, 1.807) is 6.20 Å². The van der Waals surface area contributed by atoms with Crippen molar-refractivity contribution < 1.29 is 14.1 Å². The molecule has 2 aliphatic heterocycles. The standard InChI is InChI=1S/C19H24N4O3/c24-19(15-5-11-25-14-15)23-8-3-7-22(9-10-23)13-16-12-18(21-26-16)17-4-1-2-6-20-17/h1-2,4,6,12,15H,3,5,7-11,13-14H2. The van der Waals surface area contributed by atoms with E-state index < -0.39 is 0 Å². The van der Waals surface area contributed by atoms with Crippen molar-refractivity contribution in [1.82, 2.24) is 19.9 Å². The molecule has 0 N–H and O–H groups in total. The van der Waals surface area contributed by atoms with Crippen LogP contribution in [0.25, 0.3) is 11.4 Å². The summed E-state index contributed by atoms with van der Waals surface area (Å²) >= 11 is 0. The SMILES string of the molecule is O=C(C1CCOC1)N1CCCN(Cc2cc(-c3ccccn3)no2)CC1. The maximum absolute atomic E-state index is 12.6. The van der Waals surface area contributed by atoms with Crippen molar-refractivity contribution in [2.45, 2.75) is 19.4 Å². The van der Waals surface area contributed by atoms with Gasteiger partial charge in [-0.05, 0) is 25.0 Å². The predicted molar refractivity (Wildman–Crippen MR) is 95.1 cm³/mol. The van der Waals surface area contributed by atoms with Crippen LogP contribution in [-0.2, 0) is 16.1 Å². The van der Waals surface area contributed by atoms with E-state index in [0.717, 1.165) is 56.2 Å². The zero-order valence-electron chi connectivity index (χ0n) is 14.8. The van der Waals surface area contributed by atoms with Gasteiger partial charge < -0.3 is 14.2 Å². The van der Waals surface area contributed by atoms with E-state index in [-0.39, 0.29) is 11.8 Å². The summed E-state index contributed by atoms with van der Waals surface area (Å²) in [4.78, 5) is 21.2. The maximum atomic E-state index is 12.6. The zero-order valence-corrected chi connectivity index (χ0v) is 14.8. The summed E-state index contributed by atoms with van der Waals surface area (Å²) in [7, 11) is 0. The highest BCUT2D eigenvalue weighted by molar-refractivity contribution is 5.79. The molecule has 0 aliphatic carbocycles. The Morgan fingerprint density at radius 1 is 1.19 bits per heavy atom. The molecule has 2 aromatic rings. The summed E-state index contributed by atoms with van der Waals surface area (Å²) in [5.41, 5.74) is 1.57. The highest BCUT2D eigenvalue weighted by Gasteiger charge is 2.29. The number of pyridine rings is 1. The number of amides is 1. The van der Waals surface area contributed by atoms with Gasteiger partial charge in [0.1, 0.15) is 5.69 Å². The Morgan fingerprint density at radius 3 is 2.96 bits per heavy atom. The topological polar surface area (TPSA) is 71.7 Å². The molecule has 1 amide bonds. The van der Waals surface area contributed by atoms with E-state index >= 15 is 0 Å². The van der Waals surface area contributed by atoms with E-state index in [1.807, 2.05) is 29.2 Å². The van der Waals surface area contributed by atoms with Gasteiger partial charge in [0.05, 0.1) is 24.8 Å². The molecule has 2 fully saturated rings. The molecule has 1 atom stereocenters. The van der Waals surface area contributed by atoms with Gasteiger partial charge in [-0.25, -0.2) is 0 Å². The van der Waals surface area contributed by atoms with Gasteiger partial charge in [-0.3, -0.25) is 14.7 Å². The molecular weight excluding hydrogens is 332 g/mol. The predicted octanol–water partition coefficient (Wildman–Crippen LogP) is 1.81. The minimum atomic E-state index is 0.0526. The van der Waals surface area contributed by atoms with Gasteiger partial charge in [0.15, 0.2) is 5.76 Å². The molecule has 7 nitrogen and oxygen atoms in total. The van der Waals surface area contributed by atoms with Crippen molar-refractivity contribution >= 4 is 5.91 Å². The Labute approximate surface area is 152 Å². The molecule has 26 heavy (non-hydrogen) atoms. The van der Waals surface area contributed by atoms with Gasteiger partial charge >= 0.3 is 0 Å². The van der Waals surface area contributed by atoms with Crippen molar-refractivity contribution in [3.05, 3.63) is 36.2 Å². The maximum Gasteiger partial charge on any atom is 0.228 e. The molecule has 0 spiro atoms. The summed E-state index contributed by atoms with van der Waals surface area (Å²) in [5, 5.41) is 4.13. The fourth-order valence-corrected chi connectivity index (χ4v) is 3.58. The number of aromatic nitrogens is 2. The fraction of sp³-hybridized carbons (Fsp3) is 0.526. The third-order valence-corrected chi connectivity index (χ3v) is 5.04. The van der Waals surface area contributed by atoms with Crippen molar-refractivity contribution in [1.29, 1.82) is 0 Å². The zero-order chi connectivity index (χ0) is 17.8. The van der Waals surface area contributed by atoms with E-state index in [9.17, 15) is 4.79 Å². The van der Waals surface area contributed by atoms with E-state index in [2.05, 4.69) is 15.0 Å². The molecule has 0 aromatic carbocycles. The summed E-state index contributed by atoms with van der Waals surface area (Å²) in [6, 6.07) is 7.69. The Morgan fingerprint density at radius 2 is 2.15 bits per heavy atom. The number of ether oxygens (including phenoxy) is 1. The molecule has 1 unspecified atom stereocenters. The van der Waals surface area contributed by atoms with Crippen molar-refractivity contribution in [2.75, 3.05) is 39.4 Å². The molecule has 0 bridgehead atoms. The first-order chi connectivity index (χ1) is 12.8. The smallest absolute Gasteiger partial charge is 0.228 e. The second-order valence-electron chi connectivity index (χ2n) is 6.91. The normalized spacial score (nSPS) is 21.7. The first-order valence-corrected chi connectivity index (χ1v) is 9.25. The van der Waals surface area contributed by atoms with Crippen molar-refractivity contribution in [2.24, 2.45) is 5.92 Å². The van der Waals surface area contributed by atoms with Gasteiger partial charge in [0.25, 0.3) is 0 Å². The number of hydrogen-bond acceptors (Lipinski definition) is 6. The Hall–Kier alpha value is -2.25. The lowest BCUT2D eigenvalue weighted by Crippen LogP contribution is -2.39. The van der Waals surface area contributed by atoms with Crippen LogP contribution in [0.1, 0.15) is 18.6 Å². The van der Waals surface area contributed by atoms with E-state index in [0.29, 0.717) is 19.8 Å². The van der Waals surface area contributed by atoms with Crippen LogP contribution in [0.5, 0.6) is 0 Å². The van der Waals surface area contributed by atoms with Gasteiger partial charge in [-0.1, -0.05) is 11.2 Å². The Bertz CT molecular complexity index is 727. The first-order valence-electron chi connectivity index (χ1n) is 9.25. The number of hydrogen-bond donors (Lipinski definition) is 0. The Kier molecular flexibility index (Phi) is 5.26. The van der Waals surface area contributed by atoms with Gasteiger partial charge in [0, 0.05) is 45.0 Å². The van der Waals surface area contributed by atoms with Crippen molar-refractivity contribution in [3.8, 4) is 11.4 Å². The number of nitrogens with zero attached hydrogens (tertiary/aromatic N) is 4. The number of carbonyl (C=O) groups is 1. The van der Waals surface area contributed by atoms with Crippen LogP contribution >= 0.6 is 0 Å². The molecule has 138 valence electrons. The van der Waals surface area contributed by atoms with Gasteiger partial charge in [-0.2, -0.15) is 0 Å². The summed E-state index contributed by atoms with van der Waals surface area (Å²) in [6.45, 7) is 5.36. The largest absolute Gasteiger partial charge is 0.381 e. The van der Waals surface area contributed by atoms with Crippen LogP contribution in [-0.4, -0.2) is 65.2 Å². The highest BCUT2D eigenvalue weighted by Crippen LogP contribution is 2.19. The summed E-state index contributed by atoms with van der Waals surface area (Å²) < 4.78 is 10.8. The molecule has 0 saturated carbocycles. The minimum absolute atomic E-state index is 0.0526. The van der Waals surface area contributed by atoms with Crippen LogP contribution in [0.3, 0.4) is 0 Å². The van der Waals surface area contributed by atoms with Crippen LogP contribution in [0.2, 0.25) is 0 Å². The number of carbonyl (C=O) groups excluding carboxylic acids is 1. The van der Waals surface area contributed by atoms with Gasteiger partial charge in [-0.15, -0.1) is 0 Å². The highest BCUT2D eigenvalue weighted by atomic mass is 16.5. The molecule has 2 saturated heterocycles. The second kappa shape index (κ2) is 7.97. The van der Waals surface area contributed by atoms with Crippen LogP contribution in [0, 0.1) is 5.92 Å². The Balaban J connectivity index is 1.33. The fourth-order valence-electron chi connectivity index (χ4n) is 3.58. The monoisotopic (exact) mass is 356 g/mol. The minimum Gasteiger partial charge on any atom is -0.381 e. The van der Waals surface area contributed by atoms with Crippen LogP contribution in [0.4, 0.5) is 0 Å². The second-order valence-corrected chi connectivity index (χ2v) is 6.91. The first kappa shape index (κ1) is 17.2. The molecule has 0 radical (unpaired) electrons. The lowest BCUT2D eigenvalue weighted by Gasteiger charge is -2.23. The lowest BCUT2D eigenvalue weighted by atomic mass is 10.1. The third kappa shape index (κ3) is 3.94. The molecule has 2 aromatic heterocycles. The molecule has 7 heteroatoms. The summed E-state index contributed by atoms with van der Waals surface area (Å²) in [6.07, 6.45) is 3.58. The lowest BCUT2D eigenvalue weighted by molar-refractivity contribution is -0.135. The third-order valence-electron chi connectivity index (χ3n) is 5.04.